The van der Waals surface area contributed by atoms with Crippen molar-refractivity contribution >= 4 is 5.69 Å². The van der Waals surface area contributed by atoms with Gasteiger partial charge in [-0.1, -0.05) is 19.4 Å². The molecule has 0 aliphatic carbocycles. The number of rotatable bonds is 3. The van der Waals surface area contributed by atoms with Crippen LogP contribution in [-0.4, -0.2) is 23.3 Å². The summed E-state index contributed by atoms with van der Waals surface area (Å²) in [5.41, 5.74) is 1.66. The second kappa shape index (κ2) is 4.96. The van der Waals surface area contributed by atoms with Crippen LogP contribution in [0, 0.1) is 5.92 Å². The minimum atomic E-state index is -0.619. The van der Waals surface area contributed by atoms with Gasteiger partial charge in [0.05, 0.1) is 6.10 Å². The zero-order valence-corrected chi connectivity index (χ0v) is 10.6. The van der Waals surface area contributed by atoms with Gasteiger partial charge in [0, 0.05) is 30.4 Å². The van der Waals surface area contributed by atoms with Gasteiger partial charge in [0.1, 0.15) is 5.75 Å². The maximum absolute atomic E-state index is 9.86. The zero-order chi connectivity index (χ0) is 12.4. The van der Waals surface area contributed by atoms with Crippen molar-refractivity contribution in [2.75, 3.05) is 18.0 Å². The van der Waals surface area contributed by atoms with Crippen LogP contribution >= 0.6 is 0 Å². The van der Waals surface area contributed by atoms with Gasteiger partial charge in [-0.3, -0.25) is 0 Å². The highest BCUT2D eigenvalue weighted by molar-refractivity contribution is 5.54. The zero-order valence-electron chi connectivity index (χ0n) is 10.6. The van der Waals surface area contributed by atoms with Crippen molar-refractivity contribution in [2.24, 2.45) is 5.92 Å². The molecule has 1 saturated heterocycles. The molecule has 3 heteroatoms. The Morgan fingerprint density at radius 1 is 1.47 bits per heavy atom. The average Bonchev–Trinajstić information content (AvgIpc) is 2.76. The predicted molar refractivity (Wildman–Crippen MR) is 69.4 cm³/mol. The SMILES string of the molecule is CCC1CCN(c2ccc(C(C)O)c(O)c2)C1. The summed E-state index contributed by atoms with van der Waals surface area (Å²) in [7, 11) is 0. The summed E-state index contributed by atoms with van der Waals surface area (Å²) in [5.74, 6) is 0.964. The normalized spacial score (nSPS) is 21.8. The van der Waals surface area contributed by atoms with Crippen LogP contribution in [0.2, 0.25) is 0 Å². The number of anilines is 1. The van der Waals surface area contributed by atoms with Gasteiger partial charge in [-0.15, -0.1) is 0 Å². The molecule has 94 valence electrons. The van der Waals surface area contributed by atoms with Gasteiger partial charge in [0.25, 0.3) is 0 Å². The van der Waals surface area contributed by atoms with Crippen molar-refractivity contribution in [3.05, 3.63) is 23.8 Å². The molecule has 0 spiro atoms. The van der Waals surface area contributed by atoms with Crippen LogP contribution in [0.25, 0.3) is 0 Å². The number of nitrogens with zero attached hydrogens (tertiary/aromatic N) is 1. The highest BCUT2D eigenvalue weighted by Crippen LogP contribution is 2.32. The standard InChI is InChI=1S/C14H21NO2/c1-3-11-6-7-15(9-11)12-4-5-13(10(2)16)14(17)8-12/h4-5,8,10-11,16-17H,3,6-7,9H2,1-2H3. The quantitative estimate of drug-likeness (QED) is 0.846. The molecule has 1 aromatic rings. The smallest absolute Gasteiger partial charge is 0.123 e. The first-order chi connectivity index (χ1) is 8.11. The molecule has 0 radical (unpaired) electrons. The molecule has 17 heavy (non-hydrogen) atoms. The first-order valence-electron chi connectivity index (χ1n) is 6.37. The number of aliphatic hydroxyl groups is 1. The minimum Gasteiger partial charge on any atom is -0.507 e. The van der Waals surface area contributed by atoms with E-state index in [9.17, 15) is 10.2 Å². The van der Waals surface area contributed by atoms with Crippen molar-refractivity contribution in [1.82, 2.24) is 0 Å². The van der Waals surface area contributed by atoms with E-state index in [2.05, 4.69) is 11.8 Å². The summed E-state index contributed by atoms with van der Waals surface area (Å²) in [6, 6.07) is 5.56. The molecule has 0 saturated carbocycles. The van der Waals surface area contributed by atoms with Crippen LogP contribution in [0.5, 0.6) is 5.75 Å². The molecule has 0 amide bonds. The number of hydrogen-bond donors (Lipinski definition) is 2. The van der Waals surface area contributed by atoms with E-state index in [0.29, 0.717) is 5.56 Å². The largest absolute Gasteiger partial charge is 0.507 e. The van der Waals surface area contributed by atoms with Gasteiger partial charge in [-0.25, -0.2) is 0 Å². The minimum absolute atomic E-state index is 0.192. The molecule has 1 aromatic carbocycles. The van der Waals surface area contributed by atoms with Crippen LogP contribution in [0.4, 0.5) is 5.69 Å². The highest BCUT2D eigenvalue weighted by Gasteiger charge is 2.21. The molecule has 1 aliphatic heterocycles. The first kappa shape index (κ1) is 12.2. The lowest BCUT2D eigenvalue weighted by atomic mass is 10.1. The Kier molecular flexibility index (Phi) is 3.57. The van der Waals surface area contributed by atoms with Crippen LogP contribution in [0.1, 0.15) is 38.4 Å². The van der Waals surface area contributed by atoms with Crippen molar-refractivity contribution in [3.63, 3.8) is 0 Å². The van der Waals surface area contributed by atoms with Crippen molar-refractivity contribution < 1.29 is 10.2 Å². The third-order valence-electron chi connectivity index (χ3n) is 3.69. The Labute approximate surface area is 103 Å². The number of hydrogen-bond acceptors (Lipinski definition) is 3. The van der Waals surface area contributed by atoms with E-state index >= 15 is 0 Å². The molecular weight excluding hydrogens is 214 g/mol. The van der Waals surface area contributed by atoms with Crippen molar-refractivity contribution in [1.29, 1.82) is 0 Å². The molecule has 2 rings (SSSR count). The molecule has 2 N–H and O–H groups in total. The maximum Gasteiger partial charge on any atom is 0.123 e. The van der Waals surface area contributed by atoms with Crippen LogP contribution in [0.15, 0.2) is 18.2 Å². The Morgan fingerprint density at radius 3 is 2.76 bits per heavy atom. The van der Waals surface area contributed by atoms with Gasteiger partial charge in [0.15, 0.2) is 0 Å². The lowest BCUT2D eigenvalue weighted by Gasteiger charge is -2.20. The molecule has 2 unspecified atom stereocenters. The summed E-state index contributed by atoms with van der Waals surface area (Å²) in [6.45, 7) is 6.02. The third-order valence-corrected chi connectivity index (χ3v) is 3.69. The average molecular weight is 235 g/mol. The van der Waals surface area contributed by atoms with E-state index in [1.165, 1.54) is 12.8 Å². The lowest BCUT2D eigenvalue weighted by molar-refractivity contribution is 0.195. The second-order valence-corrected chi connectivity index (χ2v) is 4.93. The van der Waals surface area contributed by atoms with Gasteiger partial charge < -0.3 is 15.1 Å². The molecule has 1 aliphatic rings. The number of aromatic hydroxyl groups is 1. The Morgan fingerprint density at radius 2 is 2.24 bits per heavy atom. The maximum atomic E-state index is 9.86. The Hall–Kier alpha value is -1.22. The summed E-state index contributed by atoms with van der Waals surface area (Å²) >= 11 is 0. The fraction of sp³-hybridized carbons (Fsp3) is 0.571. The number of aliphatic hydroxyl groups excluding tert-OH is 1. The molecule has 1 heterocycles. The topological polar surface area (TPSA) is 43.7 Å². The van der Waals surface area contributed by atoms with Gasteiger partial charge in [-0.05, 0) is 25.3 Å². The fourth-order valence-corrected chi connectivity index (χ4v) is 2.48. The summed E-state index contributed by atoms with van der Waals surface area (Å²) < 4.78 is 0. The lowest BCUT2D eigenvalue weighted by Crippen LogP contribution is -2.19. The molecule has 2 atom stereocenters. The molecule has 0 aromatic heterocycles. The van der Waals surface area contributed by atoms with Crippen LogP contribution in [-0.2, 0) is 0 Å². The second-order valence-electron chi connectivity index (χ2n) is 4.93. The van der Waals surface area contributed by atoms with Crippen LogP contribution in [0.3, 0.4) is 0 Å². The van der Waals surface area contributed by atoms with Gasteiger partial charge in [-0.2, -0.15) is 0 Å². The molecule has 1 fully saturated rings. The summed E-state index contributed by atoms with van der Waals surface area (Å²) in [5, 5.41) is 19.3. The number of phenols is 1. The highest BCUT2D eigenvalue weighted by atomic mass is 16.3. The first-order valence-corrected chi connectivity index (χ1v) is 6.37. The van der Waals surface area contributed by atoms with E-state index in [0.717, 1.165) is 24.7 Å². The Bertz CT molecular complexity index is 390. The summed E-state index contributed by atoms with van der Waals surface area (Å²) in [6.07, 6.45) is 1.83. The Balaban J connectivity index is 2.15. The van der Waals surface area contributed by atoms with E-state index < -0.39 is 6.10 Å². The van der Waals surface area contributed by atoms with Crippen molar-refractivity contribution in [2.45, 2.75) is 32.8 Å². The predicted octanol–water partition coefficient (Wildman–Crippen LogP) is 2.68. The van der Waals surface area contributed by atoms with E-state index in [1.807, 2.05) is 12.1 Å². The fourth-order valence-electron chi connectivity index (χ4n) is 2.48. The monoisotopic (exact) mass is 235 g/mol. The number of benzene rings is 1. The van der Waals surface area contributed by atoms with E-state index in [-0.39, 0.29) is 5.75 Å². The van der Waals surface area contributed by atoms with Crippen molar-refractivity contribution in [3.8, 4) is 5.75 Å². The van der Waals surface area contributed by atoms with E-state index in [4.69, 9.17) is 0 Å². The number of phenolic OH excluding ortho intramolecular Hbond substituents is 1. The molecular formula is C14H21NO2. The van der Waals surface area contributed by atoms with Gasteiger partial charge >= 0.3 is 0 Å². The van der Waals surface area contributed by atoms with Crippen LogP contribution < -0.4 is 4.90 Å². The summed E-state index contributed by atoms with van der Waals surface area (Å²) in [4.78, 5) is 2.31. The molecule has 0 bridgehead atoms. The van der Waals surface area contributed by atoms with E-state index in [1.54, 1.807) is 13.0 Å². The third kappa shape index (κ3) is 2.55. The van der Waals surface area contributed by atoms with Gasteiger partial charge in [0.2, 0.25) is 0 Å². The molecule has 3 nitrogen and oxygen atoms in total.